The van der Waals surface area contributed by atoms with Crippen molar-refractivity contribution < 1.29 is 9.53 Å². The van der Waals surface area contributed by atoms with Gasteiger partial charge in [-0.1, -0.05) is 13.8 Å². The van der Waals surface area contributed by atoms with Crippen LogP contribution in [0.2, 0.25) is 0 Å². The summed E-state index contributed by atoms with van der Waals surface area (Å²) >= 11 is 5.92. The van der Waals surface area contributed by atoms with Crippen LogP contribution in [0.1, 0.15) is 33.1 Å². The van der Waals surface area contributed by atoms with Gasteiger partial charge in [-0.3, -0.25) is 4.79 Å². The summed E-state index contributed by atoms with van der Waals surface area (Å²) in [5, 5.41) is 2.83. The fraction of sp³-hybridized carbons (Fsp3) is 0.909. The predicted octanol–water partition coefficient (Wildman–Crippen LogP) is 2.18. The van der Waals surface area contributed by atoms with Crippen molar-refractivity contribution in [1.82, 2.24) is 5.32 Å². The molecule has 0 heterocycles. The van der Waals surface area contributed by atoms with E-state index in [1.807, 2.05) is 0 Å². The van der Waals surface area contributed by atoms with Gasteiger partial charge in [0.05, 0.1) is 12.0 Å². The maximum Gasteiger partial charge on any atom is 0.220 e. The van der Waals surface area contributed by atoms with E-state index < -0.39 is 0 Å². The summed E-state index contributed by atoms with van der Waals surface area (Å²) in [7, 11) is 1.62. The molecule has 0 aliphatic rings. The first kappa shape index (κ1) is 14.7. The maximum atomic E-state index is 11.3. The lowest BCUT2D eigenvalue weighted by molar-refractivity contribution is -0.121. The zero-order chi connectivity index (χ0) is 11.7. The molecule has 4 heteroatoms. The third kappa shape index (κ3) is 10.0. The number of methoxy groups -OCH3 is 1. The second-order valence-corrected chi connectivity index (χ2v) is 4.74. The Balaban J connectivity index is 3.38. The Morgan fingerprint density at radius 2 is 2.07 bits per heavy atom. The van der Waals surface area contributed by atoms with Crippen LogP contribution in [0, 0.1) is 5.92 Å². The van der Waals surface area contributed by atoms with E-state index in [-0.39, 0.29) is 11.3 Å². The first-order valence-corrected chi connectivity index (χ1v) is 5.89. The van der Waals surface area contributed by atoms with Crippen molar-refractivity contribution in [3.05, 3.63) is 0 Å². The molecule has 0 aromatic rings. The molecule has 0 spiro atoms. The highest BCUT2D eigenvalue weighted by Crippen LogP contribution is 2.04. The van der Waals surface area contributed by atoms with Crippen LogP contribution in [0.4, 0.5) is 0 Å². The van der Waals surface area contributed by atoms with Crippen LogP contribution in [0.5, 0.6) is 0 Å². The van der Waals surface area contributed by atoms with E-state index >= 15 is 0 Å². The van der Waals surface area contributed by atoms with E-state index in [4.69, 9.17) is 16.3 Å². The summed E-state index contributed by atoms with van der Waals surface area (Å²) in [5.41, 5.74) is 0. The molecule has 0 saturated carbocycles. The van der Waals surface area contributed by atoms with Crippen molar-refractivity contribution in [2.45, 2.75) is 38.5 Å². The third-order valence-electron chi connectivity index (χ3n) is 2.08. The largest absolute Gasteiger partial charge is 0.383 e. The van der Waals surface area contributed by atoms with E-state index in [1.54, 1.807) is 7.11 Å². The molecule has 0 aromatic carbocycles. The molecule has 3 nitrogen and oxygen atoms in total. The van der Waals surface area contributed by atoms with Crippen molar-refractivity contribution in [2.24, 2.45) is 5.92 Å². The Hall–Kier alpha value is -0.280. The number of hydrogen-bond acceptors (Lipinski definition) is 2. The fourth-order valence-corrected chi connectivity index (χ4v) is 1.38. The summed E-state index contributed by atoms with van der Waals surface area (Å²) in [5.74, 6) is 0.690. The molecule has 1 amide bonds. The summed E-state index contributed by atoms with van der Waals surface area (Å²) < 4.78 is 4.90. The van der Waals surface area contributed by atoms with Crippen molar-refractivity contribution in [1.29, 1.82) is 0 Å². The Labute approximate surface area is 97.5 Å². The minimum Gasteiger partial charge on any atom is -0.383 e. The number of ether oxygens (including phenoxy) is 1. The van der Waals surface area contributed by atoms with Gasteiger partial charge in [-0.05, 0) is 18.8 Å². The van der Waals surface area contributed by atoms with Gasteiger partial charge in [0.1, 0.15) is 0 Å². The SMILES string of the molecule is COCC(Cl)CCNC(=O)CCC(C)C. The van der Waals surface area contributed by atoms with Gasteiger partial charge in [0.25, 0.3) is 0 Å². The average Bonchev–Trinajstić information content (AvgIpc) is 2.15. The van der Waals surface area contributed by atoms with Gasteiger partial charge in [0, 0.05) is 20.1 Å². The summed E-state index contributed by atoms with van der Waals surface area (Å²) in [4.78, 5) is 11.3. The molecule has 15 heavy (non-hydrogen) atoms. The Bertz CT molecular complexity index is 174. The molecular weight excluding hydrogens is 214 g/mol. The molecule has 0 rings (SSSR count). The normalized spacial score (nSPS) is 12.9. The smallest absolute Gasteiger partial charge is 0.220 e. The van der Waals surface area contributed by atoms with Crippen molar-refractivity contribution in [3.8, 4) is 0 Å². The third-order valence-corrected chi connectivity index (χ3v) is 2.42. The van der Waals surface area contributed by atoms with E-state index in [9.17, 15) is 4.79 Å². The molecular formula is C11H22ClNO2. The Morgan fingerprint density at radius 3 is 2.60 bits per heavy atom. The summed E-state index contributed by atoms with van der Waals surface area (Å²) in [6.07, 6.45) is 2.30. The predicted molar refractivity (Wildman–Crippen MR) is 63.2 cm³/mol. The molecule has 1 N–H and O–H groups in total. The van der Waals surface area contributed by atoms with Gasteiger partial charge in [-0.25, -0.2) is 0 Å². The van der Waals surface area contributed by atoms with E-state index in [0.29, 0.717) is 25.5 Å². The van der Waals surface area contributed by atoms with Gasteiger partial charge in [0.2, 0.25) is 5.91 Å². The highest BCUT2D eigenvalue weighted by atomic mass is 35.5. The van der Waals surface area contributed by atoms with Gasteiger partial charge < -0.3 is 10.1 Å². The van der Waals surface area contributed by atoms with Crippen LogP contribution in [0.15, 0.2) is 0 Å². The monoisotopic (exact) mass is 235 g/mol. The average molecular weight is 236 g/mol. The number of rotatable bonds is 8. The highest BCUT2D eigenvalue weighted by Gasteiger charge is 2.06. The number of amides is 1. The fourth-order valence-electron chi connectivity index (χ4n) is 1.14. The molecule has 0 fully saturated rings. The molecule has 0 aromatic heterocycles. The van der Waals surface area contributed by atoms with Crippen LogP contribution in [0.25, 0.3) is 0 Å². The number of carbonyl (C=O) groups excluding carboxylic acids is 1. The molecule has 0 aliphatic carbocycles. The van der Waals surface area contributed by atoms with E-state index in [2.05, 4.69) is 19.2 Å². The van der Waals surface area contributed by atoms with Crippen LogP contribution < -0.4 is 5.32 Å². The first-order chi connectivity index (χ1) is 7.06. The molecule has 90 valence electrons. The van der Waals surface area contributed by atoms with Gasteiger partial charge >= 0.3 is 0 Å². The second-order valence-electron chi connectivity index (χ2n) is 4.12. The lowest BCUT2D eigenvalue weighted by atomic mass is 10.1. The molecule has 0 saturated heterocycles. The molecule has 1 unspecified atom stereocenters. The number of carbonyl (C=O) groups is 1. The Kier molecular flexibility index (Phi) is 8.82. The van der Waals surface area contributed by atoms with Crippen molar-refractivity contribution in [3.63, 3.8) is 0 Å². The number of halogens is 1. The minimum atomic E-state index is -0.0135. The quantitative estimate of drug-likeness (QED) is 0.655. The molecule has 0 radical (unpaired) electrons. The highest BCUT2D eigenvalue weighted by molar-refractivity contribution is 6.20. The van der Waals surface area contributed by atoms with E-state index in [1.165, 1.54) is 0 Å². The number of nitrogens with one attached hydrogen (secondary N) is 1. The minimum absolute atomic E-state index is 0.0135. The molecule has 0 bridgehead atoms. The topological polar surface area (TPSA) is 38.3 Å². The van der Waals surface area contributed by atoms with Crippen molar-refractivity contribution >= 4 is 17.5 Å². The Morgan fingerprint density at radius 1 is 1.40 bits per heavy atom. The van der Waals surface area contributed by atoms with Gasteiger partial charge in [-0.2, -0.15) is 0 Å². The molecule has 1 atom stereocenters. The first-order valence-electron chi connectivity index (χ1n) is 5.46. The van der Waals surface area contributed by atoms with Crippen LogP contribution in [-0.4, -0.2) is 31.5 Å². The maximum absolute atomic E-state index is 11.3. The van der Waals surface area contributed by atoms with Crippen LogP contribution >= 0.6 is 11.6 Å². The lowest BCUT2D eigenvalue weighted by Gasteiger charge is -2.09. The zero-order valence-electron chi connectivity index (χ0n) is 9.88. The lowest BCUT2D eigenvalue weighted by Crippen LogP contribution is -2.27. The van der Waals surface area contributed by atoms with Crippen LogP contribution in [0.3, 0.4) is 0 Å². The second kappa shape index (κ2) is 8.98. The molecule has 0 aliphatic heterocycles. The number of hydrogen-bond donors (Lipinski definition) is 1. The van der Waals surface area contributed by atoms with E-state index in [0.717, 1.165) is 12.8 Å². The van der Waals surface area contributed by atoms with Crippen LogP contribution in [-0.2, 0) is 9.53 Å². The number of alkyl halides is 1. The van der Waals surface area contributed by atoms with Gasteiger partial charge in [-0.15, -0.1) is 11.6 Å². The zero-order valence-corrected chi connectivity index (χ0v) is 10.6. The standard InChI is InChI=1S/C11H22ClNO2/c1-9(2)4-5-11(14)13-7-6-10(12)8-15-3/h9-10H,4-8H2,1-3H3,(H,13,14). The van der Waals surface area contributed by atoms with Gasteiger partial charge in [0.15, 0.2) is 0 Å². The summed E-state index contributed by atoms with van der Waals surface area (Å²) in [6.45, 7) is 5.39. The van der Waals surface area contributed by atoms with Crippen molar-refractivity contribution in [2.75, 3.05) is 20.3 Å². The summed E-state index contributed by atoms with van der Waals surface area (Å²) in [6, 6.07) is 0.